The fourth-order valence-electron chi connectivity index (χ4n) is 3.92. The maximum Gasteiger partial charge on any atom is 0.233 e. The fourth-order valence-corrected chi connectivity index (χ4v) is 3.92. The summed E-state index contributed by atoms with van der Waals surface area (Å²) >= 11 is 0. The maximum absolute atomic E-state index is 14.1. The summed E-state index contributed by atoms with van der Waals surface area (Å²) in [5.74, 6) is -0.0202. The number of benzene rings is 2. The molecule has 0 bridgehead atoms. The van der Waals surface area contributed by atoms with Crippen LogP contribution in [0.3, 0.4) is 0 Å². The summed E-state index contributed by atoms with van der Waals surface area (Å²) in [5.41, 5.74) is 4.13. The van der Waals surface area contributed by atoms with Crippen molar-refractivity contribution in [2.24, 2.45) is 0 Å². The van der Waals surface area contributed by atoms with Crippen molar-refractivity contribution in [1.82, 2.24) is 20.3 Å². The number of aromatic nitrogens is 3. The third kappa shape index (κ3) is 3.86. The van der Waals surface area contributed by atoms with Crippen LogP contribution in [-0.2, 0) is 0 Å². The van der Waals surface area contributed by atoms with Gasteiger partial charge < -0.3 is 15.0 Å². The van der Waals surface area contributed by atoms with Gasteiger partial charge in [-0.3, -0.25) is 4.98 Å². The number of fused-ring (bicyclic) bond motifs is 1. The van der Waals surface area contributed by atoms with Crippen LogP contribution in [0.5, 0.6) is 5.88 Å². The lowest BCUT2D eigenvalue weighted by Gasteiger charge is -2.23. The summed E-state index contributed by atoms with van der Waals surface area (Å²) in [7, 11) is 0. The van der Waals surface area contributed by atoms with E-state index in [9.17, 15) is 4.39 Å². The molecule has 5 rings (SSSR count). The molecule has 0 spiro atoms. The van der Waals surface area contributed by atoms with E-state index in [1.165, 1.54) is 12.1 Å². The molecular formula is C24H20FN5O. The Morgan fingerprint density at radius 1 is 1.13 bits per heavy atom. The van der Waals surface area contributed by atoms with E-state index in [1.807, 2.05) is 30.5 Å². The van der Waals surface area contributed by atoms with Crippen LogP contribution < -0.4 is 10.1 Å². The Labute approximate surface area is 178 Å². The number of H-pyrrole nitrogens is 1. The number of hydrogen-bond donors (Lipinski definition) is 2. The largest absolute Gasteiger partial charge is 0.472 e. The van der Waals surface area contributed by atoms with Crippen molar-refractivity contribution in [3.05, 3.63) is 66.4 Å². The van der Waals surface area contributed by atoms with Gasteiger partial charge in [0.2, 0.25) is 5.88 Å². The monoisotopic (exact) mass is 413 g/mol. The topological polar surface area (TPSA) is 86.6 Å². The molecule has 6 nitrogen and oxygen atoms in total. The average molecular weight is 413 g/mol. The summed E-state index contributed by atoms with van der Waals surface area (Å²) in [6.07, 6.45) is 7.42. The molecule has 1 fully saturated rings. The predicted molar refractivity (Wildman–Crippen MR) is 116 cm³/mol. The van der Waals surface area contributed by atoms with Crippen molar-refractivity contribution in [3.8, 4) is 34.3 Å². The van der Waals surface area contributed by atoms with E-state index < -0.39 is 5.82 Å². The number of nitriles is 1. The van der Waals surface area contributed by atoms with Gasteiger partial charge in [-0.25, -0.2) is 9.37 Å². The van der Waals surface area contributed by atoms with Crippen molar-refractivity contribution in [1.29, 1.82) is 5.26 Å². The van der Waals surface area contributed by atoms with Gasteiger partial charge in [-0.2, -0.15) is 5.26 Å². The minimum Gasteiger partial charge on any atom is -0.472 e. The van der Waals surface area contributed by atoms with E-state index in [4.69, 9.17) is 10.00 Å². The second-order valence-electron chi connectivity index (χ2n) is 7.60. The first-order chi connectivity index (χ1) is 15.2. The van der Waals surface area contributed by atoms with Crippen LogP contribution in [0, 0.1) is 17.1 Å². The first-order valence-corrected chi connectivity index (χ1v) is 10.2. The Balaban J connectivity index is 1.49. The number of hydrogen-bond acceptors (Lipinski definition) is 5. The van der Waals surface area contributed by atoms with Gasteiger partial charge in [0.15, 0.2) is 0 Å². The van der Waals surface area contributed by atoms with Gasteiger partial charge in [-0.15, -0.1) is 0 Å². The summed E-state index contributed by atoms with van der Waals surface area (Å²) in [6.45, 7) is 1.83. The lowest BCUT2D eigenvalue weighted by atomic mass is 10.0. The molecule has 0 amide bonds. The fraction of sp³-hybridized carbons (Fsp3) is 0.208. The molecule has 0 unspecified atom stereocenters. The Bertz CT molecular complexity index is 1290. The van der Waals surface area contributed by atoms with E-state index >= 15 is 0 Å². The maximum atomic E-state index is 14.1. The molecule has 4 aromatic rings. The average Bonchev–Trinajstić information content (AvgIpc) is 3.23. The van der Waals surface area contributed by atoms with Gasteiger partial charge in [0.05, 0.1) is 23.7 Å². The van der Waals surface area contributed by atoms with Crippen molar-refractivity contribution in [2.75, 3.05) is 13.1 Å². The number of aromatic amines is 1. The number of piperidine rings is 1. The lowest BCUT2D eigenvalue weighted by molar-refractivity contribution is 0.160. The first-order valence-electron chi connectivity index (χ1n) is 10.2. The number of nitrogens with zero attached hydrogens (tertiary/aromatic N) is 3. The molecule has 2 aromatic heterocycles. The number of halogens is 1. The highest BCUT2D eigenvalue weighted by Crippen LogP contribution is 2.32. The quantitative estimate of drug-likeness (QED) is 0.517. The van der Waals surface area contributed by atoms with Crippen LogP contribution in [0.25, 0.3) is 33.3 Å². The number of ether oxygens (including phenoxy) is 1. The molecule has 7 heteroatoms. The SMILES string of the molecule is N#Cc1ccc(-c2ccc3[nH]cc(-c4cncc(O[C@@H]5CCCNC5)n4)c3c2)cc1F. The Hall–Kier alpha value is -3.76. The zero-order valence-corrected chi connectivity index (χ0v) is 16.7. The minimum atomic E-state index is -0.526. The smallest absolute Gasteiger partial charge is 0.233 e. The van der Waals surface area contributed by atoms with E-state index in [-0.39, 0.29) is 11.7 Å². The van der Waals surface area contributed by atoms with Crippen LogP contribution in [-0.4, -0.2) is 34.1 Å². The molecule has 1 aliphatic rings. The van der Waals surface area contributed by atoms with Crippen molar-refractivity contribution >= 4 is 10.9 Å². The molecular weight excluding hydrogens is 393 g/mol. The summed E-state index contributed by atoms with van der Waals surface area (Å²) < 4.78 is 20.1. The highest BCUT2D eigenvalue weighted by Gasteiger charge is 2.16. The Morgan fingerprint density at radius 3 is 2.81 bits per heavy atom. The van der Waals surface area contributed by atoms with Gasteiger partial charge in [0, 0.05) is 29.2 Å². The first kappa shape index (κ1) is 19.2. The van der Waals surface area contributed by atoms with Crippen molar-refractivity contribution < 1.29 is 9.13 Å². The molecule has 154 valence electrons. The second kappa shape index (κ2) is 8.17. The van der Waals surface area contributed by atoms with Gasteiger partial charge in [0.25, 0.3) is 0 Å². The van der Waals surface area contributed by atoms with Gasteiger partial charge in [0.1, 0.15) is 18.0 Å². The Kier molecular flexibility index (Phi) is 5.06. The van der Waals surface area contributed by atoms with Crippen LogP contribution in [0.1, 0.15) is 18.4 Å². The molecule has 0 radical (unpaired) electrons. The van der Waals surface area contributed by atoms with Crippen LogP contribution >= 0.6 is 0 Å². The second-order valence-corrected chi connectivity index (χ2v) is 7.60. The van der Waals surface area contributed by atoms with Gasteiger partial charge in [-0.05, 0) is 54.8 Å². The predicted octanol–water partition coefficient (Wildman–Crippen LogP) is 4.43. The van der Waals surface area contributed by atoms with Crippen LogP contribution in [0.15, 0.2) is 55.0 Å². The molecule has 2 N–H and O–H groups in total. The zero-order valence-electron chi connectivity index (χ0n) is 16.7. The standard InChI is InChI=1S/C24H20FN5O/c25-21-9-16(3-4-17(21)10-26)15-5-6-22-19(8-15)20(12-29-22)23-13-28-14-24(30-23)31-18-2-1-7-27-11-18/h3-6,8-9,12-14,18,27,29H,1-2,7,11H2/t18-/m1/s1. The molecule has 1 aliphatic heterocycles. The third-order valence-electron chi connectivity index (χ3n) is 5.53. The zero-order chi connectivity index (χ0) is 21.2. The van der Waals surface area contributed by atoms with E-state index in [0.29, 0.717) is 17.1 Å². The molecule has 1 atom stereocenters. The number of rotatable bonds is 4. The summed E-state index contributed by atoms with van der Waals surface area (Å²) in [4.78, 5) is 12.3. The van der Waals surface area contributed by atoms with E-state index in [0.717, 1.165) is 48.0 Å². The highest BCUT2D eigenvalue weighted by molar-refractivity contribution is 5.97. The molecule has 31 heavy (non-hydrogen) atoms. The van der Waals surface area contributed by atoms with Gasteiger partial charge >= 0.3 is 0 Å². The Morgan fingerprint density at radius 2 is 2.00 bits per heavy atom. The normalized spacial score (nSPS) is 16.2. The molecule has 1 saturated heterocycles. The van der Waals surface area contributed by atoms with Crippen molar-refractivity contribution in [3.63, 3.8) is 0 Å². The van der Waals surface area contributed by atoms with Gasteiger partial charge in [-0.1, -0.05) is 12.1 Å². The minimum absolute atomic E-state index is 0.0346. The highest BCUT2D eigenvalue weighted by atomic mass is 19.1. The molecule has 0 aliphatic carbocycles. The molecule has 2 aromatic carbocycles. The number of nitrogens with one attached hydrogen (secondary N) is 2. The lowest BCUT2D eigenvalue weighted by Crippen LogP contribution is -2.37. The summed E-state index contributed by atoms with van der Waals surface area (Å²) in [5, 5.41) is 13.2. The van der Waals surface area contributed by atoms with E-state index in [2.05, 4.69) is 20.3 Å². The molecule has 0 saturated carbocycles. The van der Waals surface area contributed by atoms with Crippen molar-refractivity contribution in [2.45, 2.75) is 18.9 Å². The van der Waals surface area contributed by atoms with Crippen LogP contribution in [0.2, 0.25) is 0 Å². The molecule has 3 heterocycles. The third-order valence-corrected chi connectivity index (χ3v) is 5.53. The van der Waals surface area contributed by atoms with E-state index in [1.54, 1.807) is 18.5 Å². The summed E-state index contributed by atoms with van der Waals surface area (Å²) in [6, 6.07) is 12.4. The van der Waals surface area contributed by atoms with Crippen LogP contribution in [0.4, 0.5) is 4.39 Å².